The second-order valence-electron chi connectivity index (χ2n) is 5.40. The van der Waals surface area contributed by atoms with Crippen LogP contribution in [0.25, 0.3) is 5.78 Å². The molecule has 1 aromatic carbocycles. The van der Waals surface area contributed by atoms with E-state index < -0.39 is 0 Å². The number of aromatic nitrogens is 3. The minimum Gasteiger partial charge on any atom is -0.497 e. The maximum atomic E-state index is 12.7. The van der Waals surface area contributed by atoms with E-state index in [-0.39, 0.29) is 5.78 Å². The molecule has 6 heteroatoms. The van der Waals surface area contributed by atoms with E-state index >= 15 is 0 Å². The minimum atomic E-state index is -0.171. The topological polar surface area (TPSA) is 65.7 Å². The zero-order valence-corrected chi connectivity index (χ0v) is 14.2. The Kier molecular flexibility index (Phi) is 4.20. The molecule has 24 heavy (non-hydrogen) atoms. The quantitative estimate of drug-likeness (QED) is 0.675. The van der Waals surface area contributed by atoms with Crippen molar-refractivity contribution in [3.63, 3.8) is 0 Å². The zero-order chi connectivity index (χ0) is 17.3. The number of carbonyl (C=O) groups is 1. The summed E-state index contributed by atoms with van der Waals surface area (Å²) in [5, 5.41) is 0. The number of nitrogens with zero attached hydrogens (tertiary/aromatic N) is 3. The summed E-state index contributed by atoms with van der Waals surface area (Å²) < 4.78 is 12.3. The van der Waals surface area contributed by atoms with Crippen molar-refractivity contribution in [3.8, 4) is 11.6 Å². The van der Waals surface area contributed by atoms with Crippen LogP contribution in [0, 0.1) is 6.92 Å². The van der Waals surface area contributed by atoms with Crippen molar-refractivity contribution in [1.29, 1.82) is 0 Å². The van der Waals surface area contributed by atoms with Gasteiger partial charge in [0.25, 0.3) is 0 Å². The minimum absolute atomic E-state index is 0.171. The lowest BCUT2D eigenvalue weighted by Gasteiger charge is -2.10. The molecule has 3 aromatic rings. The molecular weight excluding hydrogens is 306 g/mol. The third-order valence-corrected chi connectivity index (χ3v) is 4.06. The zero-order valence-electron chi connectivity index (χ0n) is 14.2. The van der Waals surface area contributed by atoms with Crippen LogP contribution in [0.3, 0.4) is 0 Å². The van der Waals surface area contributed by atoms with Gasteiger partial charge in [0.1, 0.15) is 11.4 Å². The largest absolute Gasteiger partial charge is 0.497 e. The number of carbonyl (C=O) groups excluding carboxylic acids is 1. The first kappa shape index (κ1) is 16.0. The molecule has 0 spiro atoms. The van der Waals surface area contributed by atoms with Crippen molar-refractivity contribution >= 4 is 11.6 Å². The number of hydrogen-bond donors (Lipinski definition) is 0. The molecule has 2 heterocycles. The number of ketones is 1. The Labute approximate surface area is 140 Å². The van der Waals surface area contributed by atoms with Crippen LogP contribution in [0.5, 0.6) is 11.6 Å². The van der Waals surface area contributed by atoms with E-state index in [1.54, 1.807) is 44.7 Å². The third-order valence-electron chi connectivity index (χ3n) is 4.06. The van der Waals surface area contributed by atoms with Gasteiger partial charge in [0, 0.05) is 23.0 Å². The molecule has 2 aromatic heterocycles. The summed E-state index contributed by atoms with van der Waals surface area (Å²) in [5.74, 6) is 1.46. The second kappa shape index (κ2) is 6.31. The van der Waals surface area contributed by atoms with Crippen molar-refractivity contribution < 1.29 is 14.3 Å². The summed E-state index contributed by atoms with van der Waals surface area (Å²) in [6, 6.07) is 7.02. The van der Waals surface area contributed by atoms with E-state index in [2.05, 4.69) is 9.97 Å². The Morgan fingerprint density at radius 1 is 1.21 bits per heavy atom. The molecule has 0 amide bonds. The van der Waals surface area contributed by atoms with Crippen LogP contribution in [0.1, 0.15) is 34.2 Å². The fourth-order valence-corrected chi connectivity index (χ4v) is 2.75. The lowest BCUT2D eigenvalue weighted by atomic mass is 10.1. The molecule has 6 nitrogen and oxygen atoms in total. The molecule has 0 N–H and O–H groups in total. The van der Waals surface area contributed by atoms with Gasteiger partial charge in [-0.2, -0.15) is 4.98 Å². The molecule has 0 aliphatic rings. The fraction of sp³-hybridized carbons (Fsp3) is 0.278. The second-order valence-corrected chi connectivity index (χ2v) is 5.40. The normalized spacial score (nSPS) is 10.8. The Morgan fingerprint density at radius 2 is 2.00 bits per heavy atom. The number of rotatable bonds is 5. The van der Waals surface area contributed by atoms with Crippen LogP contribution in [-0.4, -0.2) is 34.4 Å². The highest BCUT2D eigenvalue weighted by Crippen LogP contribution is 2.23. The molecule has 124 valence electrons. The number of fused-ring (bicyclic) bond motifs is 1. The van der Waals surface area contributed by atoms with Crippen LogP contribution in [0.4, 0.5) is 0 Å². The van der Waals surface area contributed by atoms with Crippen molar-refractivity contribution in [2.75, 3.05) is 14.2 Å². The smallest absolute Gasteiger partial charge is 0.237 e. The predicted molar refractivity (Wildman–Crippen MR) is 90.1 cm³/mol. The summed E-state index contributed by atoms with van der Waals surface area (Å²) in [4.78, 5) is 21.5. The van der Waals surface area contributed by atoms with Crippen molar-refractivity contribution in [2.45, 2.75) is 20.3 Å². The molecule has 0 atom stereocenters. The average molecular weight is 325 g/mol. The van der Waals surface area contributed by atoms with Crippen molar-refractivity contribution in [1.82, 2.24) is 14.4 Å². The summed E-state index contributed by atoms with van der Waals surface area (Å²) in [6.07, 6.45) is 2.51. The monoisotopic (exact) mass is 325 g/mol. The van der Waals surface area contributed by atoms with Gasteiger partial charge >= 0.3 is 0 Å². The highest BCUT2D eigenvalue weighted by Gasteiger charge is 2.18. The Hall–Kier alpha value is -2.89. The first-order valence-electron chi connectivity index (χ1n) is 7.70. The van der Waals surface area contributed by atoms with Crippen molar-refractivity contribution in [2.24, 2.45) is 0 Å². The van der Waals surface area contributed by atoms with E-state index in [0.717, 1.165) is 17.7 Å². The number of imidazole rings is 1. The molecule has 3 rings (SSSR count). The molecule has 0 aliphatic carbocycles. The molecule has 0 saturated carbocycles. The number of hydrogen-bond acceptors (Lipinski definition) is 5. The van der Waals surface area contributed by atoms with Crippen LogP contribution < -0.4 is 9.47 Å². The van der Waals surface area contributed by atoms with Gasteiger partial charge < -0.3 is 9.47 Å². The van der Waals surface area contributed by atoms with Crippen LogP contribution >= 0.6 is 0 Å². The Balaban J connectivity index is 2.10. The lowest BCUT2D eigenvalue weighted by Crippen LogP contribution is -2.03. The number of benzene rings is 1. The van der Waals surface area contributed by atoms with Gasteiger partial charge in [-0.15, -0.1) is 0 Å². The third kappa shape index (κ3) is 2.60. The lowest BCUT2D eigenvalue weighted by molar-refractivity contribution is 0.103. The summed E-state index contributed by atoms with van der Waals surface area (Å²) in [7, 11) is 3.16. The summed E-state index contributed by atoms with van der Waals surface area (Å²) in [6.45, 7) is 4.01. The Morgan fingerprint density at radius 3 is 2.67 bits per heavy atom. The van der Waals surface area contributed by atoms with Crippen LogP contribution in [0.2, 0.25) is 0 Å². The molecule has 0 radical (unpaired) electrons. The van der Waals surface area contributed by atoms with E-state index in [4.69, 9.17) is 9.47 Å². The van der Waals surface area contributed by atoms with Gasteiger partial charge in [-0.1, -0.05) is 19.1 Å². The van der Waals surface area contributed by atoms with E-state index in [1.165, 1.54) is 0 Å². The van der Waals surface area contributed by atoms with Gasteiger partial charge in [-0.05, 0) is 25.5 Å². The highest BCUT2D eigenvalue weighted by molar-refractivity contribution is 6.08. The van der Waals surface area contributed by atoms with Gasteiger partial charge in [0.15, 0.2) is 0 Å². The van der Waals surface area contributed by atoms with Gasteiger partial charge in [0.2, 0.25) is 17.4 Å². The summed E-state index contributed by atoms with van der Waals surface area (Å²) in [5.41, 5.74) is 2.84. The maximum absolute atomic E-state index is 12.7. The maximum Gasteiger partial charge on any atom is 0.237 e. The number of methoxy groups -OCH3 is 2. The SMILES string of the molecule is CCc1c(OC)nc2nc(C(=O)c3cccc(OC)c3)cn2c1C. The Bertz CT molecular complexity index is 915. The van der Waals surface area contributed by atoms with E-state index in [0.29, 0.717) is 28.7 Å². The van der Waals surface area contributed by atoms with Crippen molar-refractivity contribution in [3.05, 3.63) is 53.0 Å². The van der Waals surface area contributed by atoms with Gasteiger partial charge in [-0.25, -0.2) is 4.98 Å². The molecule has 0 fully saturated rings. The van der Waals surface area contributed by atoms with Gasteiger partial charge in [-0.3, -0.25) is 9.20 Å². The average Bonchev–Trinajstić information content (AvgIpc) is 3.05. The molecule has 0 saturated heterocycles. The van der Waals surface area contributed by atoms with E-state index in [9.17, 15) is 4.79 Å². The molecular formula is C18H19N3O3. The molecule has 0 bridgehead atoms. The molecule has 0 aliphatic heterocycles. The standard InChI is InChI=1S/C18H19N3O3/c1-5-14-11(2)21-10-15(19-18(21)20-17(14)24-4)16(22)12-7-6-8-13(9-12)23-3/h6-10H,5H2,1-4H3. The highest BCUT2D eigenvalue weighted by atomic mass is 16.5. The number of ether oxygens (including phenoxy) is 2. The van der Waals surface area contributed by atoms with Crippen LogP contribution in [0.15, 0.2) is 30.5 Å². The first-order chi connectivity index (χ1) is 11.6. The number of aryl methyl sites for hydroxylation is 1. The first-order valence-corrected chi connectivity index (χ1v) is 7.70. The van der Waals surface area contributed by atoms with E-state index in [1.807, 2.05) is 18.2 Å². The van der Waals surface area contributed by atoms with Crippen LogP contribution in [-0.2, 0) is 6.42 Å². The molecule has 0 unspecified atom stereocenters. The van der Waals surface area contributed by atoms with Gasteiger partial charge in [0.05, 0.1) is 14.2 Å². The summed E-state index contributed by atoms with van der Waals surface area (Å²) >= 11 is 0. The predicted octanol–water partition coefficient (Wildman–Crippen LogP) is 2.85. The fourth-order valence-electron chi connectivity index (χ4n) is 2.75.